The lowest BCUT2D eigenvalue weighted by Crippen LogP contribution is -2.42. The van der Waals surface area contributed by atoms with E-state index in [-0.39, 0.29) is 18.7 Å². The van der Waals surface area contributed by atoms with Gasteiger partial charge in [-0.15, -0.1) is 0 Å². The number of carbonyl (C=O) groups excluding carboxylic acids is 2. The van der Waals surface area contributed by atoms with Crippen LogP contribution in [-0.2, 0) is 4.79 Å². The number of hydrogen-bond donors (Lipinski definition) is 1. The van der Waals surface area contributed by atoms with Gasteiger partial charge in [0.25, 0.3) is 0 Å². The Morgan fingerprint density at radius 3 is 2.50 bits per heavy atom. The highest BCUT2D eigenvalue weighted by molar-refractivity contribution is 5.87. The van der Waals surface area contributed by atoms with E-state index in [0.717, 1.165) is 4.90 Å². The molecule has 1 aliphatic rings. The fraction of sp³-hybridized carbons (Fsp3) is 0.714. The highest BCUT2D eigenvalue weighted by atomic mass is 19.1. The van der Waals surface area contributed by atoms with Crippen LogP contribution in [0.3, 0.4) is 0 Å². The number of rotatable bonds is 1. The molecular weight excluding hydrogens is 163 g/mol. The molecule has 0 unspecified atom stereocenters. The van der Waals surface area contributed by atoms with E-state index >= 15 is 0 Å². The maximum absolute atomic E-state index is 12.7. The van der Waals surface area contributed by atoms with Crippen molar-refractivity contribution in [2.24, 2.45) is 5.73 Å². The Bertz CT molecular complexity index is 197. The second-order valence-corrected chi connectivity index (χ2v) is 2.95. The first-order valence-electron chi connectivity index (χ1n) is 3.73. The number of likely N-dealkylation sites (tertiary alicyclic amines) is 1. The zero-order chi connectivity index (χ0) is 9.30. The van der Waals surface area contributed by atoms with Gasteiger partial charge in [0.2, 0.25) is 0 Å². The van der Waals surface area contributed by atoms with Gasteiger partial charge in [-0.25, -0.2) is 9.18 Å². The summed E-state index contributed by atoms with van der Waals surface area (Å²) in [6.07, 6.45) is -1.04. The molecule has 1 fully saturated rings. The molecule has 2 amide bonds. The summed E-state index contributed by atoms with van der Waals surface area (Å²) in [6.45, 7) is 1.28. The molecule has 1 rings (SSSR count). The maximum Gasteiger partial charge on any atom is 0.315 e. The van der Waals surface area contributed by atoms with Gasteiger partial charge in [-0.2, -0.15) is 0 Å². The summed E-state index contributed by atoms with van der Waals surface area (Å²) in [6, 6.07) is -1.38. The van der Waals surface area contributed by atoms with Crippen molar-refractivity contribution < 1.29 is 14.0 Å². The van der Waals surface area contributed by atoms with Crippen LogP contribution < -0.4 is 5.73 Å². The van der Waals surface area contributed by atoms with Gasteiger partial charge in [0.1, 0.15) is 6.17 Å². The molecule has 1 heterocycles. The normalized spacial score (nSPS) is 29.0. The van der Waals surface area contributed by atoms with Gasteiger partial charge in [0, 0.05) is 6.42 Å². The van der Waals surface area contributed by atoms with E-state index in [4.69, 9.17) is 5.73 Å². The van der Waals surface area contributed by atoms with Gasteiger partial charge in [-0.05, 0) is 6.92 Å². The van der Waals surface area contributed by atoms with E-state index in [1.807, 2.05) is 0 Å². The Morgan fingerprint density at radius 2 is 2.17 bits per heavy atom. The summed E-state index contributed by atoms with van der Waals surface area (Å²) in [5.74, 6) is -0.214. The molecule has 12 heavy (non-hydrogen) atoms. The predicted octanol–water partition coefficient (Wildman–Crippen LogP) is 0.0665. The standard InChI is InChI=1S/C7H11FN2O2/c1-4(11)6-2-5(8)3-10(6)7(9)12/h5-6H,2-3H2,1H3,(H2,9,12)/t5-,6-/m0/s1. The second-order valence-electron chi connectivity index (χ2n) is 2.95. The van der Waals surface area contributed by atoms with Gasteiger partial charge in [0.05, 0.1) is 12.6 Å². The summed E-state index contributed by atoms with van der Waals surface area (Å²) in [4.78, 5) is 22.7. The van der Waals surface area contributed by atoms with Gasteiger partial charge in [-0.3, -0.25) is 4.79 Å². The molecule has 0 saturated carbocycles. The van der Waals surface area contributed by atoms with E-state index in [9.17, 15) is 14.0 Å². The summed E-state index contributed by atoms with van der Waals surface area (Å²) in [5, 5.41) is 0. The number of ketones is 1. The number of alkyl halides is 1. The number of nitrogens with zero attached hydrogens (tertiary/aromatic N) is 1. The van der Waals surface area contributed by atoms with E-state index in [0.29, 0.717) is 0 Å². The number of hydrogen-bond acceptors (Lipinski definition) is 2. The lowest BCUT2D eigenvalue weighted by molar-refractivity contribution is -0.120. The first-order chi connectivity index (χ1) is 5.52. The third-order valence-corrected chi connectivity index (χ3v) is 2.00. The molecule has 0 aromatic rings. The van der Waals surface area contributed by atoms with Crippen molar-refractivity contribution in [1.82, 2.24) is 4.90 Å². The fourth-order valence-electron chi connectivity index (χ4n) is 1.41. The molecule has 2 atom stereocenters. The molecule has 0 aliphatic carbocycles. The Kier molecular flexibility index (Phi) is 2.30. The van der Waals surface area contributed by atoms with Crippen LogP contribution in [0.5, 0.6) is 0 Å². The predicted molar refractivity (Wildman–Crippen MR) is 40.3 cm³/mol. The fourth-order valence-corrected chi connectivity index (χ4v) is 1.41. The molecule has 0 bridgehead atoms. The van der Waals surface area contributed by atoms with Crippen LogP contribution in [0, 0.1) is 0 Å². The summed E-state index contributed by atoms with van der Waals surface area (Å²) in [7, 11) is 0. The molecule has 1 saturated heterocycles. The quantitative estimate of drug-likeness (QED) is 0.611. The molecule has 0 spiro atoms. The number of halogens is 1. The zero-order valence-electron chi connectivity index (χ0n) is 6.79. The van der Waals surface area contributed by atoms with Gasteiger partial charge >= 0.3 is 6.03 Å². The number of urea groups is 1. The van der Waals surface area contributed by atoms with E-state index in [1.165, 1.54) is 6.92 Å². The Balaban J connectivity index is 2.72. The molecule has 0 radical (unpaired) electrons. The zero-order valence-corrected chi connectivity index (χ0v) is 6.79. The van der Waals surface area contributed by atoms with Crippen LogP contribution >= 0.6 is 0 Å². The summed E-state index contributed by atoms with van der Waals surface area (Å²) >= 11 is 0. The summed E-state index contributed by atoms with van der Waals surface area (Å²) in [5.41, 5.74) is 4.96. The van der Waals surface area contributed by atoms with Crippen molar-refractivity contribution >= 4 is 11.8 Å². The molecule has 5 heteroatoms. The molecule has 0 aromatic heterocycles. The first kappa shape index (κ1) is 8.96. The van der Waals surface area contributed by atoms with Crippen LogP contribution in [0.1, 0.15) is 13.3 Å². The first-order valence-corrected chi connectivity index (χ1v) is 3.73. The molecule has 1 aliphatic heterocycles. The lowest BCUT2D eigenvalue weighted by atomic mass is 10.1. The number of primary amides is 1. The maximum atomic E-state index is 12.7. The Labute approximate surface area is 69.5 Å². The highest BCUT2D eigenvalue weighted by Gasteiger charge is 2.36. The van der Waals surface area contributed by atoms with Crippen molar-refractivity contribution in [3.63, 3.8) is 0 Å². The van der Waals surface area contributed by atoms with Crippen molar-refractivity contribution in [3.05, 3.63) is 0 Å². The molecule has 0 aromatic carbocycles. The minimum absolute atomic E-state index is 0.0560. The third-order valence-electron chi connectivity index (χ3n) is 2.00. The van der Waals surface area contributed by atoms with Crippen LogP contribution in [0.15, 0.2) is 0 Å². The molecule has 68 valence electrons. The van der Waals surface area contributed by atoms with Crippen molar-refractivity contribution in [1.29, 1.82) is 0 Å². The van der Waals surface area contributed by atoms with Crippen molar-refractivity contribution in [3.8, 4) is 0 Å². The molecule has 2 N–H and O–H groups in total. The Morgan fingerprint density at radius 1 is 1.58 bits per heavy atom. The van der Waals surface area contributed by atoms with Gasteiger partial charge in [0.15, 0.2) is 5.78 Å². The van der Waals surface area contributed by atoms with E-state index in [2.05, 4.69) is 0 Å². The topological polar surface area (TPSA) is 63.4 Å². The van der Waals surface area contributed by atoms with Gasteiger partial charge in [-0.1, -0.05) is 0 Å². The lowest BCUT2D eigenvalue weighted by Gasteiger charge is -2.18. The highest BCUT2D eigenvalue weighted by Crippen LogP contribution is 2.20. The third kappa shape index (κ3) is 1.54. The average molecular weight is 174 g/mol. The molecular formula is C7H11FN2O2. The number of Topliss-reactive ketones (excluding diaryl/α,β-unsaturated/α-hetero) is 1. The van der Waals surface area contributed by atoms with E-state index in [1.54, 1.807) is 0 Å². The second kappa shape index (κ2) is 3.08. The number of carbonyl (C=O) groups is 2. The van der Waals surface area contributed by atoms with Gasteiger partial charge < -0.3 is 10.6 Å². The SMILES string of the molecule is CC(=O)[C@@H]1C[C@H](F)CN1C(N)=O. The Hall–Kier alpha value is -1.13. The smallest absolute Gasteiger partial charge is 0.315 e. The minimum atomic E-state index is -1.12. The van der Waals surface area contributed by atoms with Crippen LogP contribution in [-0.4, -0.2) is 35.5 Å². The van der Waals surface area contributed by atoms with Crippen molar-refractivity contribution in [2.45, 2.75) is 25.6 Å². The number of amides is 2. The molecule has 4 nitrogen and oxygen atoms in total. The average Bonchev–Trinajstić information content (AvgIpc) is 2.31. The summed E-state index contributed by atoms with van der Waals surface area (Å²) < 4.78 is 12.7. The van der Waals surface area contributed by atoms with Crippen LogP contribution in [0.4, 0.5) is 9.18 Å². The minimum Gasteiger partial charge on any atom is -0.351 e. The van der Waals surface area contributed by atoms with Crippen LogP contribution in [0.25, 0.3) is 0 Å². The number of nitrogens with two attached hydrogens (primary N) is 1. The van der Waals surface area contributed by atoms with Crippen molar-refractivity contribution in [2.75, 3.05) is 6.54 Å². The van der Waals surface area contributed by atoms with E-state index < -0.39 is 18.2 Å². The van der Waals surface area contributed by atoms with Crippen LogP contribution in [0.2, 0.25) is 0 Å². The monoisotopic (exact) mass is 174 g/mol. The largest absolute Gasteiger partial charge is 0.351 e.